The Morgan fingerprint density at radius 3 is 2.50 bits per heavy atom. The van der Waals surface area contributed by atoms with Gasteiger partial charge in [0, 0.05) is 9.75 Å². The molecule has 2 aromatic carbocycles. The molecule has 0 spiro atoms. The van der Waals surface area contributed by atoms with Crippen molar-refractivity contribution in [3.63, 3.8) is 0 Å². The zero-order valence-electron chi connectivity index (χ0n) is 12.3. The summed E-state index contributed by atoms with van der Waals surface area (Å²) in [6.07, 6.45) is 1.59. The first-order valence-electron chi connectivity index (χ1n) is 7.23. The third-order valence-electron chi connectivity index (χ3n) is 3.77. The molecular formula is C19H16BrFS. The lowest BCUT2D eigenvalue weighted by molar-refractivity contribution is 0.600. The van der Waals surface area contributed by atoms with Gasteiger partial charge in [-0.1, -0.05) is 36.4 Å². The average Bonchev–Trinajstić information content (AvgIpc) is 3.01. The Morgan fingerprint density at radius 2 is 1.73 bits per heavy atom. The van der Waals surface area contributed by atoms with Crippen molar-refractivity contribution >= 4 is 27.3 Å². The molecule has 0 radical (unpaired) electrons. The fourth-order valence-corrected chi connectivity index (χ4v) is 3.90. The number of benzene rings is 2. The van der Waals surface area contributed by atoms with Gasteiger partial charge < -0.3 is 0 Å². The smallest absolute Gasteiger partial charge is 0.140 e. The Balaban J connectivity index is 1.76. The minimum atomic E-state index is -0.125. The summed E-state index contributed by atoms with van der Waals surface area (Å²) in [7, 11) is 0. The highest BCUT2D eigenvalue weighted by molar-refractivity contribution is 9.10. The van der Waals surface area contributed by atoms with Gasteiger partial charge in [-0.2, -0.15) is 0 Å². The van der Waals surface area contributed by atoms with E-state index in [1.807, 2.05) is 19.1 Å². The number of halogens is 2. The van der Waals surface area contributed by atoms with E-state index >= 15 is 0 Å². The van der Waals surface area contributed by atoms with E-state index < -0.39 is 0 Å². The molecule has 0 aliphatic rings. The molecule has 0 amide bonds. The third kappa shape index (κ3) is 3.31. The largest absolute Gasteiger partial charge is 0.205 e. The summed E-state index contributed by atoms with van der Waals surface area (Å²) in [6, 6.07) is 18.4. The maximum atomic E-state index is 14.2. The molecule has 0 nitrogen and oxygen atoms in total. The second kappa shape index (κ2) is 6.76. The van der Waals surface area contributed by atoms with E-state index in [9.17, 15) is 4.39 Å². The van der Waals surface area contributed by atoms with Crippen molar-refractivity contribution in [2.24, 2.45) is 0 Å². The zero-order valence-corrected chi connectivity index (χ0v) is 14.7. The first-order valence-corrected chi connectivity index (χ1v) is 8.83. The van der Waals surface area contributed by atoms with Crippen LogP contribution in [0.5, 0.6) is 0 Å². The van der Waals surface area contributed by atoms with E-state index in [1.165, 1.54) is 15.3 Å². The van der Waals surface area contributed by atoms with Crippen LogP contribution in [0.4, 0.5) is 4.39 Å². The van der Waals surface area contributed by atoms with Gasteiger partial charge in [-0.25, -0.2) is 4.39 Å². The van der Waals surface area contributed by atoms with E-state index in [4.69, 9.17) is 0 Å². The van der Waals surface area contributed by atoms with Gasteiger partial charge in [-0.05, 0) is 70.6 Å². The lowest BCUT2D eigenvalue weighted by Gasteiger charge is -2.08. The van der Waals surface area contributed by atoms with Crippen molar-refractivity contribution in [3.8, 4) is 10.4 Å². The molecule has 0 saturated heterocycles. The average molecular weight is 375 g/mol. The highest BCUT2D eigenvalue weighted by Gasteiger charge is 2.10. The van der Waals surface area contributed by atoms with Crippen LogP contribution in [0.15, 0.2) is 59.1 Å². The molecular weight excluding hydrogens is 359 g/mol. The molecule has 3 rings (SSSR count). The molecule has 1 heterocycles. The predicted octanol–water partition coefficient (Wildman–Crippen LogP) is 6.41. The van der Waals surface area contributed by atoms with E-state index in [2.05, 4.69) is 52.3 Å². The van der Waals surface area contributed by atoms with Crippen LogP contribution in [-0.2, 0) is 12.8 Å². The van der Waals surface area contributed by atoms with Gasteiger partial charge in [0.05, 0.1) is 4.47 Å². The van der Waals surface area contributed by atoms with E-state index in [0.717, 1.165) is 24.0 Å². The quantitative estimate of drug-likeness (QED) is 0.494. The second-order valence-corrected chi connectivity index (χ2v) is 7.31. The second-order valence-electron chi connectivity index (χ2n) is 5.29. The molecule has 0 unspecified atom stereocenters. The first-order chi connectivity index (χ1) is 10.6. The molecule has 0 N–H and O–H groups in total. The summed E-state index contributed by atoms with van der Waals surface area (Å²) in [5.74, 6) is -0.125. The Hall–Kier alpha value is -1.45. The van der Waals surface area contributed by atoms with E-state index in [0.29, 0.717) is 4.47 Å². The molecule has 112 valence electrons. The zero-order chi connectivity index (χ0) is 15.5. The Morgan fingerprint density at radius 1 is 0.955 bits per heavy atom. The third-order valence-corrected chi connectivity index (χ3v) is 5.58. The Kier molecular flexibility index (Phi) is 4.74. The van der Waals surface area contributed by atoms with Crippen molar-refractivity contribution < 1.29 is 4.39 Å². The maximum Gasteiger partial charge on any atom is 0.140 e. The molecule has 1 aromatic heterocycles. The van der Waals surface area contributed by atoms with Crippen molar-refractivity contribution in [3.05, 3.63) is 80.9 Å². The van der Waals surface area contributed by atoms with Gasteiger partial charge in [0.15, 0.2) is 0 Å². The summed E-state index contributed by atoms with van der Waals surface area (Å²) in [5, 5.41) is 0. The van der Waals surface area contributed by atoms with Crippen molar-refractivity contribution in [1.82, 2.24) is 0 Å². The van der Waals surface area contributed by atoms with Gasteiger partial charge in [-0.3, -0.25) is 0 Å². The highest BCUT2D eigenvalue weighted by atomic mass is 79.9. The highest BCUT2D eigenvalue weighted by Crippen LogP contribution is 2.29. The van der Waals surface area contributed by atoms with Gasteiger partial charge in [0.1, 0.15) is 5.82 Å². The molecule has 0 bridgehead atoms. The summed E-state index contributed by atoms with van der Waals surface area (Å²) in [6.45, 7) is 1.97. The number of thiophene rings is 1. The lowest BCUT2D eigenvalue weighted by atomic mass is 10.0. The van der Waals surface area contributed by atoms with Crippen LogP contribution in [0.3, 0.4) is 0 Å². The fraction of sp³-hybridized carbons (Fsp3) is 0.158. The molecule has 0 saturated carbocycles. The topological polar surface area (TPSA) is 0 Å². The van der Waals surface area contributed by atoms with Crippen LogP contribution in [0.1, 0.15) is 16.0 Å². The summed E-state index contributed by atoms with van der Waals surface area (Å²) in [4.78, 5) is 2.56. The molecule has 3 aromatic rings. The fourth-order valence-electron chi connectivity index (χ4n) is 2.51. The van der Waals surface area contributed by atoms with E-state index in [-0.39, 0.29) is 5.82 Å². The number of hydrogen-bond donors (Lipinski definition) is 0. The van der Waals surface area contributed by atoms with E-state index in [1.54, 1.807) is 17.4 Å². The SMILES string of the molecule is Cc1ccc(Br)c(F)c1CCc1ccc(-c2ccccc2)s1. The number of aryl methyl sites for hydroxylation is 2. The molecule has 0 aliphatic carbocycles. The van der Waals surface area contributed by atoms with Crippen molar-refractivity contribution in [2.45, 2.75) is 19.8 Å². The molecule has 22 heavy (non-hydrogen) atoms. The maximum absolute atomic E-state index is 14.2. The van der Waals surface area contributed by atoms with Crippen molar-refractivity contribution in [1.29, 1.82) is 0 Å². The van der Waals surface area contributed by atoms with Crippen LogP contribution in [0.25, 0.3) is 10.4 Å². The molecule has 0 atom stereocenters. The minimum Gasteiger partial charge on any atom is -0.205 e. The van der Waals surface area contributed by atoms with Crippen LogP contribution < -0.4 is 0 Å². The lowest BCUT2D eigenvalue weighted by Crippen LogP contribution is -1.98. The van der Waals surface area contributed by atoms with Gasteiger partial charge >= 0.3 is 0 Å². The van der Waals surface area contributed by atoms with Crippen LogP contribution >= 0.6 is 27.3 Å². The van der Waals surface area contributed by atoms with Crippen molar-refractivity contribution in [2.75, 3.05) is 0 Å². The number of rotatable bonds is 4. The molecule has 0 aliphatic heterocycles. The summed E-state index contributed by atoms with van der Waals surface area (Å²) in [5.41, 5.74) is 3.06. The van der Waals surface area contributed by atoms with Crippen LogP contribution in [0.2, 0.25) is 0 Å². The van der Waals surface area contributed by atoms with Crippen LogP contribution in [0, 0.1) is 12.7 Å². The summed E-state index contributed by atoms with van der Waals surface area (Å²) >= 11 is 5.06. The van der Waals surface area contributed by atoms with Gasteiger partial charge in [-0.15, -0.1) is 11.3 Å². The Labute approximate surface area is 142 Å². The summed E-state index contributed by atoms with van der Waals surface area (Å²) < 4.78 is 14.7. The molecule has 3 heteroatoms. The number of hydrogen-bond acceptors (Lipinski definition) is 1. The molecule has 0 fully saturated rings. The standard InChI is InChI=1S/C19H16BrFS/c1-13-7-11-17(20)19(21)16(13)10-8-15-9-12-18(22-15)14-5-3-2-4-6-14/h2-7,9,11-12H,8,10H2,1H3. The minimum absolute atomic E-state index is 0.125. The van der Waals surface area contributed by atoms with Crippen LogP contribution in [-0.4, -0.2) is 0 Å². The normalized spacial score (nSPS) is 10.9. The monoisotopic (exact) mass is 374 g/mol. The first kappa shape index (κ1) is 15.4. The Bertz CT molecular complexity index is 777. The van der Waals surface area contributed by atoms with Gasteiger partial charge in [0.2, 0.25) is 0 Å². The predicted molar refractivity (Wildman–Crippen MR) is 96.0 cm³/mol. The van der Waals surface area contributed by atoms with Gasteiger partial charge in [0.25, 0.3) is 0 Å².